The minimum absolute atomic E-state index is 0.0270. The molecule has 1 aliphatic heterocycles. The van der Waals surface area contributed by atoms with Crippen molar-refractivity contribution in [1.82, 2.24) is 10.2 Å². The fourth-order valence-corrected chi connectivity index (χ4v) is 7.64. The molecule has 0 aromatic heterocycles. The summed E-state index contributed by atoms with van der Waals surface area (Å²) in [6.45, 7) is -0.145. The Morgan fingerprint density at radius 3 is 2.31 bits per heavy atom. The van der Waals surface area contributed by atoms with Crippen LogP contribution in [0.15, 0.2) is 53.4 Å². The highest BCUT2D eigenvalue weighted by Crippen LogP contribution is 2.51. The Hall–Kier alpha value is -2.14. The van der Waals surface area contributed by atoms with Gasteiger partial charge in [0.2, 0.25) is 11.8 Å². The molecule has 3 aliphatic rings. The zero-order valence-electron chi connectivity index (χ0n) is 19.4. The molecule has 1 saturated heterocycles. The largest absolute Gasteiger partial charge is 0.346 e. The lowest BCUT2D eigenvalue weighted by atomic mass is 9.94. The monoisotopic (exact) mass is 551 g/mol. The zero-order valence-corrected chi connectivity index (χ0v) is 21.8. The van der Waals surface area contributed by atoms with Crippen molar-refractivity contribution in [3.63, 3.8) is 0 Å². The summed E-state index contributed by atoms with van der Waals surface area (Å²) in [6.07, 6.45) is 2.32. The van der Waals surface area contributed by atoms with Gasteiger partial charge in [-0.1, -0.05) is 35.9 Å². The van der Waals surface area contributed by atoms with E-state index in [4.69, 9.17) is 17.3 Å². The first-order valence-corrected chi connectivity index (χ1v) is 14.3. The summed E-state index contributed by atoms with van der Waals surface area (Å²) in [4.78, 5) is 28.7. The molecule has 0 spiro atoms. The van der Waals surface area contributed by atoms with Crippen molar-refractivity contribution >= 4 is 45.9 Å². The van der Waals surface area contributed by atoms with Gasteiger partial charge in [-0.15, -0.1) is 0 Å². The second-order valence-electron chi connectivity index (χ2n) is 9.99. The van der Waals surface area contributed by atoms with Crippen LogP contribution in [0.3, 0.4) is 0 Å². The van der Waals surface area contributed by atoms with Crippen molar-refractivity contribution in [1.29, 1.82) is 0 Å². The first-order chi connectivity index (χ1) is 17.0. The van der Waals surface area contributed by atoms with Gasteiger partial charge in [0, 0.05) is 6.54 Å². The third kappa shape index (κ3) is 4.31. The third-order valence-electron chi connectivity index (χ3n) is 7.69. The molecule has 2 aromatic rings. The summed E-state index contributed by atoms with van der Waals surface area (Å²) in [5.41, 5.74) is 5.05. The minimum atomic E-state index is -3.94. The van der Waals surface area contributed by atoms with E-state index >= 15 is 0 Å². The molecule has 1 heterocycles. The molecule has 192 valence electrons. The van der Waals surface area contributed by atoms with Crippen LogP contribution in [0, 0.1) is 5.82 Å². The van der Waals surface area contributed by atoms with Gasteiger partial charge < -0.3 is 16.0 Å². The summed E-state index contributed by atoms with van der Waals surface area (Å²) >= 11 is 10.5. The molecule has 2 saturated carbocycles. The number of nitrogens with zero attached hydrogens (tertiary/aromatic N) is 1. The van der Waals surface area contributed by atoms with Crippen LogP contribution in [0.2, 0.25) is 5.02 Å². The number of carbonyl (C=O) groups is 2. The van der Waals surface area contributed by atoms with Crippen LogP contribution in [-0.2, 0) is 24.8 Å². The number of carbonyl (C=O) groups excluding carboxylic acids is 2. The van der Waals surface area contributed by atoms with Gasteiger partial charge in [0.15, 0.2) is 9.84 Å². The van der Waals surface area contributed by atoms with Crippen LogP contribution in [0.4, 0.5) is 4.39 Å². The zero-order chi connectivity index (χ0) is 25.9. The van der Waals surface area contributed by atoms with E-state index in [-0.39, 0.29) is 28.8 Å². The summed E-state index contributed by atoms with van der Waals surface area (Å²) in [5.74, 6) is -1.19. The minimum Gasteiger partial charge on any atom is -0.346 e. The number of sulfone groups is 1. The van der Waals surface area contributed by atoms with E-state index in [1.165, 1.54) is 29.2 Å². The first-order valence-electron chi connectivity index (χ1n) is 11.8. The van der Waals surface area contributed by atoms with Crippen LogP contribution in [0.25, 0.3) is 0 Å². The molecule has 0 bridgehead atoms. The van der Waals surface area contributed by atoms with Crippen LogP contribution in [0.5, 0.6) is 0 Å². The molecule has 3 fully saturated rings. The van der Waals surface area contributed by atoms with Gasteiger partial charge in [-0.2, -0.15) is 12.6 Å². The molecule has 1 unspecified atom stereocenters. The number of halogens is 2. The molecule has 0 radical (unpaired) electrons. The Morgan fingerprint density at radius 2 is 1.75 bits per heavy atom. The van der Waals surface area contributed by atoms with Gasteiger partial charge in [-0.05, 0) is 61.9 Å². The average molecular weight is 552 g/mol. The smallest absolute Gasteiger partial charge is 0.243 e. The molecule has 36 heavy (non-hydrogen) atoms. The molecule has 3 atom stereocenters. The molecule has 3 N–H and O–H groups in total. The van der Waals surface area contributed by atoms with Gasteiger partial charge in [0.05, 0.1) is 31.5 Å². The van der Waals surface area contributed by atoms with E-state index in [1.54, 1.807) is 24.3 Å². The normalized spacial score (nSPS) is 24.7. The highest BCUT2D eigenvalue weighted by atomic mass is 35.5. The fraction of sp³-hybridized carbons (Fsp3) is 0.440. The van der Waals surface area contributed by atoms with Gasteiger partial charge in [-0.25, -0.2) is 12.8 Å². The summed E-state index contributed by atoms with van der Waals surface area (Å²) in [5, 5.41) is 1.43. The Morgan fingerprint density at radius 1 is 1.11 bits per heavy atom. The summed E-state index contributed by atoms with van der Waals surface area (Å²) in [6, 6.07) is 10.9. The maximum atomic E-state index is 13.9. The number of benzene rings is 2. The van der Waals surface area contributed by atoms with E-state index < -0.39 is 49.2 Å². The van der Waals surface area contributed by atoms with E-state index in [9.17, 15) is 22.4 Å². The summed E-state index contributed by atoms with van der Waals surface area (Å²) < 4.78 is 40.6. The van der Waals surface area contributed by atoms with Crippen molar-refractivity contribution in [3.8, 4) is 0 Å². The maximum absolute atomic E-state index is 13.9. The number of hydrogen-bond acceptors (Lipinski definition) is 6. The average Bonchev–Trinajstić information content (AvgIpc) is 3.76. The lowest BCUT2D eigenvalue weighted by molar-refractivity contribution is -0.140. The van der Waals surface area contributed by atoms with Gasteiger partial charge in [0.1, 0.15) is 11.9 Å². The fourth-order valence-electron chi connectivity index (χ4n) is 5.10. The Kier molecular flexibility index (Phi) is 6.38. The van der Waals surface area contributed by atoms with Gasteiger partial charge in [0.25, 0.3) is 0 Å². The molecule has 7 nitrogen and oxygen atoms in total. The Balaban J connectivity index is 1.47. The lowest BCUT2D eigenvalue weighted by Gasteiger charge is -2.30. The topological polar surface area (TPSA) is 110 Å². The molecule has 2 amide bonds. The second kappa shape index (κ2) is 9.01. The van der Waals surface area contributed by atoms with E-state index in [1.807, 2.05) is 0 Å². The standard InChI is InChI=1S/C25H27ClFN3O4S2/c26-18-3-1-2-4-20(18)36(33,34)17-13-19(21(31)29-25(11-12-25)22(28)35)30(14-17)23(32)24(9-10-24)15-5-7-16(27)8-6-15/h1-8,17,19,22,35H,9-14,28H2,(H,29,31)/t17-,19+,22?/m1/s1. The van der Waals surface area contributed by atoms with Crippen molar-refractivity contribution in [3.05, 3.63) is 64.9 Å². The number of thiol groups is 1. The molecular formula is C25H27ClFN3O4S2. The van der Waals surface area contributed by atoms with Gasteiger partial charge >= 0.3 is 0 Å². The van der Waals surface area contributed by atoms with Gasteiger partial charge in [-0.3, -0.25) is 9.59 Å². The Bertz CT molecular complexity index is 1310. The first kappa shape index (κ1) is 25.5. The number of rotatable bonds is 7. The summed E-state index contributed by atoms with van der Waals surface area (Å²) in [7, 11) is -3.94. The highest BCUT2D eigenvalue weighted by Gasteiger charge is 2.58. The second-order valence-corrected chi connectivity index (χ2v) is 13.1. The number of nitrogens with two attached hydrogens (primary N) is 1. The van der Waals surface area contributed by atoms with E-state index in [0.717, 1.165) is 0 Å². The van der Waals surface area contributed by atoms with Crippen LogP contribution in [-0.4, -0.2) is 53.9 Å². The molecule has 2 aliphatic carbocycles. The number of hydrogen-bond donors (Lipinski definition) is 3. The molecule has 2 aromatic carbocycles. The highest BCUT2D eigenvalue weighted by molar-refractivity contribution is 7.92. The van der Waals surface area contributed by atoms with Crippen LogP contribution >= 0.6 is 24.2 Å². The van der Waals surface area contributed by atoms with E-state index in [0.29, 0.717) is 31.2 Å². The molecular weight excluding hydrogens is 525 g/mol. The molecule has 5 rings (SSSR count). The predicted molar refractivity (Wildman–Crippen MR) is 137 cm³/mol. The Labute approximate surface area is 219 Å². The lowest BCUT2D eigenvalue weighted by Crippen LogP contribution is -2.55. The number of amides is 2. The van der Waals surface area contributed by atoms with Crippen LogP contribution in [0.1, 0.15) is 37.7 Å². The SMILES string of the molecule is NC(S)C1(NC(=O)[C@@H]2C[C@@H](S(=O)(=O)c3ccccc3Cl)CN2C(=O)C2(c3ccc(F)cc3)CC2)CC1. The van der Waals surface area contributed by atoms with Crippen LogP contribution < -0.4 is 11.1 Å². The van der Waals surface area contributed by atoms with Crippen molar-refractivity contribution in [2.45, 2.75) is 64.6 Å². The number of likely N-dealkylation sites (tertiary alicyclic amines) is 1. The van der Waals surface area contributed by atoms with E-state index in [2.05, 4.69) is 17.9 Å². The van der Waals surface area contributed by atoms with Crippen molar-refractivity contribution in [2.75, 3.05) is 6.54 Å². The van der Waals surface area contributed by atoms with Crippen molar-refractivity contribution in [2.24, 2.45) is 5.73 Å². The third-order valence-corrected chi connectivity index (χ3v) is 10.8. The quantitative estimate of drug-likeness (QED) is 0.362. The van der Waals surface area contributed by atoms with Crippen molar-refractivity contribution < 1.29 is 22.4 Å². The number of nitrogens with one attached hydrogen (secondary N) is 1. The predicted octanol–water partition coefficient (Wildman–Crippen LogP) is 2.82. The molecule has 11 heteroatoms. The maximum Gasteiger partial charge on any atom is 0.243 e.